The van der Waals surface area contributed by atoms with E-state index in [0.717, 1.165) is 43.6 Å². The summed E-state index contributed by atoms with van der Waals surface area (Å²) >= 11 is 0. The maximum absolute atomic E-state index is 13.2. The average molecular weight is 363 g/mol. The van der Waals surface area contributed by atoms with E-state index < -0.39 is 6.43 Å². The van der Waals surface area contributed by atoms with E-state index >= 15 is 0 Å². The van der Waals surface area contributed by atoms with Crippen LogP contribution in [-0.4, -0.2) is 48.4 Å². The van der Waals surface area contributed by atoms with Crippen LogP contribution >= 0.6 is 0 Å². The summed E-state index contributed by atoms with van der Waals surface area (Å²) < 4.78 is 31.8. The van der Waals surface area contributed by atoms with Gasteiger partial charge in [-0.2, -0.15) is 0 Å². The average Bonchev–Trinajstić information content (AvgIpc) is 3.16. The smallest absolute Gasteiger partial charge is 0.280 e. The van der Waals surface area contributed by atoms with E-state index in [1.54, 1.807) is 6.20 Å². The van der Waals surface area contributed by atoms with Crippen molar-refractivity contribution in [2.75, 3.05) is 36.9 Å². The fourth-order valence-corrected chi connectivity index (χ4v) is 3.49. The van der Waals surface area contributed by atoms with Gasteiger partial charge in [0, 0.05) is 36.2 Å². The Morgan fingerprint density at radius 3 is 2.85 bits per heavy atom. The Bertz CT molecular complexity index is 761. The molecule has 2 aromatic rings. The van der Waals surface area contributed by atoms with Crippen LogP contribution in [0.15, 0.2) is 18.3 Å². The molecular weight excluding hydrogens is 340 g/mol. The molecule has 2 aliphatic heterocycles. The lowest BCUT2D eigenvalue weighted by atomic mass is 10.1. The summed E-state index contributed by atoms with van der Waals surface area (Å²) in [4.78, 5) is 8.58. The number of halogens is 2. The first-order valence-corrected chi connectivity index (χ1v) is 9.09. The van der Waals surface area contributed by atoms with Crippen LogP contribution in [0.4, 0.5) is 20.4 Å². The van der Waals surface area contributed by atoms with Crippen molar-refractivity contribution in [3.63, 3.8) is 0 Å². The SMILES string of the molecule is FC(F)c1cc2cnc(N[C@H]3CCCNC3)cc2c(N[C@@H]2CCOC2)n1. The molecule has 0 aromatic carbocycles. The second kappa shape index (κ2) is 7.67. The van der Waals surface area contributed by atoms with Crippen molar-refractivity contribution in [2.45, 2.75) is 37.8 Å². The van der Waals surface area contributed by atoms with Gasteiger partial charge in [0.2, 0.25) is 0 Å². The lowest BCUT2D eigenvalue weighted by molar-refractivity contribution is 0.146. The normalized spacial score (nSPS) is 23.5. The van der Waals surface area contributed by atoms with Crippen molar-refractivity contribution in [1.82, 2.24) is 15.3 Å². The lowest BCUT2D eigenvalue weighted by Gasteiger charge is -2.24. The van der Waals surface area contributed by atoms with Gasteiger partial charge >= 0.3 is 0 Å². The van der Waals surface area contributed by atoms with Gasteiger partial charge in [0.25, 0.3) is 6.43 Å². The summed E-state index contributed by atoms with van der Waals surface area (Å²) in [6, 6.07) is 3.71. The van der Waals surface area contributed by atoms with E-state index in [1.165, 1.54) is 6.07 Å². The number of fused-ring (bicyclic) bond motifs is 1. The van der Waals surface area contributed by atoms with Crippen LogP contribution in [0.2, 0.25) is 0 Å². The van der Waals surface area contributed by atoms with E-state index in [4.69, 9.17) is 4.74 Å². The van der Waals surface area contributed by atoms with Gasteiger partial charge in [-0.3, -0.25) is 0 Å². The van der Waals surface area contributed by atoms with Crippen LogP contribution in [0.1, 0.15) is 31.4 Å². The fourth-order valence-electron chi connectivity index (χ4n) is 3.49. The summed E-state index contributed by atoms with van der Waals surface area (Å²) in [6.07, 6.45) is 2.06. The Morgan fingerprint density at radius 1 is 1.19 bits per heavy atom. The highest BCUT2D eigenvalue weighted by Gasteiger charge is 2.20. The van der Waals surface area contributed by atoms with Crippen LogP contribution < -0.4 is 16.0 Å². The predicted molar refractivity (Wildman–Crippen MR) is 96.9 cm³/mol. The standard InChI is InChI=1S/C18H23F2N5O/c19-17(20)15-6-11-8-22-16(23-12-2-1-4-21-9-12)7-14(11)18(25-15)24-13-3-5-26-10-13/h6-8,12-13,17,21H,1-5,9-10H2,(H,22,23)(H,24,25)/t12-,13+/m0/s1. The number of ether oxygens (including phenoxy) is 1. The third kappa shape index (κ3) is 3.86. The molecule has 140 valence electrons. The van der Waals surface area contributed by atoms with E-state index in [-0.39, 0.29) is 11.7 Å². The molecule has 2 fully saturated rings. The molecule has 0 bridgehead atoms. The Labute approximate surface area is 150 Å². The number of nitrogens with one attached hydrogen (secondary N) is 3. The molecule has 4 heterocycles. The van der Waals surface area contributed by atoms with E-state index in [9.17, 15) is 8.78 Å². The molecule has 0 aliphatic carbocycles. The molecule has 4 rings (SSSR count). The topological polar surface area (TPSA) is 71.1 Å². The highest BCUT2D eigenvalue weighted by atomic mass is 19.3. The Balaban J connectivity index is 1.65. The number of anilines is 2. The first-order valence-electron chi connectivity index (χ1n) is 9.09. The van der Waals surface area contributed by atoms with E-state index in [0.29, 0.717) is 30.5 Å². The van der Waals surface area contributed by atoms with Gasteiger partial charge in [-0.1, -0.05) is 0 Å². The summed E-state index contributed by atoms with van der Waals surface area (Å²) in [5.41, 5.74) is -0.238. The predicted octanol–water partition coefficient (Wildman–Crippen LogP) is 2.93. The van der Waals surface area contributed by atoms with Crippen LogP contribution in [0.3, 0.4) is 0 Å². The number of pyridine rings is 2. The molecule has 26 heavy (non-hydrogen) atoms. The van der Waals surface area contributed by atoms with Gasteiger partial charge < -0.3 is 20.7 Å². The molecule has 2 aromatic heterocycles. The van der Waals surface area contributed by atoms with Crippen molar-refractivity contribution in [3.8, 4) is 0 Å². The quantitative estimate of drug-likeness (QED) is 0.759. The van der Waals surface area contributed by atoms with Gasteiger partial charge in [-0.15, -0.1) is 0 Å². The fraction of sp³-hybridized carbons (Fsp3) is 0.556. The number of aromatic nitrogens is 2. The van der Waals surface area contributed by atoms with E-state index in [1.807, 2.05) is 6.07 Å². The van der Waals surface area contributed by atoms with Crippen molar-refractivity contribution in [3.05, 3.63) is 24.0 Å². The minimum absolute atomic E-state index is 0.0886. The highest BCUT2D eigenvalue weighted by Crippen LogP contribution is 2.29. The highest BCUT2D eigenvalue weighted by molar-refractivity contribution is 5.93. The molecular formula is C18H23F2N5O. The summed E-state index contributed by atoms with van der Waals surface area (Å²) in [7, 11) is 0. The summed E-state index contributed by atoms with van der Waals surface area (Å²) in [5, 5.41) is 11.5. The minimum atomic E-state index is -2.62. The summed E-state index contributed by atoms with van der Waals surface area (Å²) in [5.74, 6) is 1.21. The minimum Gasteiger partial charge on any atom is -0.379 e. The van der Waals surface area contributed by atoms with Gasteiger partial charge in [0.15, 0.2) is 0 Å². The molecule has 0 unspecified atom stereocenters. The second-order valence-electron chi connectivity index (χ2n) is 6.88. The van der Waals surface area contributed by atoms with Crippen molar-refractivity contribution in [1.29, 1.82) is 0 Å². The van der Waals surface area contributed by atoms with E-state index in [2.05, 4.69) is 25.9 Å². The molecule has 0 spiro atoms. The number of hydrogen-bond donors (Lipinski definition) is 3. The van der Waals surface area contributed by atoms with Gasteiger partial charge in [0.1, 0.15) is 17.3 Å². The number of rotatable bonds is 5. The number of hydrogen-bond acceptors (Lipinski definition) is 6. The molecule has 6 nitrogen and oxygen atoms in total. The lowest BCUT2D eigenvalue weighted by Crippen LogP contribution is -2.38. The van der Waals surface area contributed by atoms with Crippen LogP contribution in [0.5, 0.6) is 0 Å². The largest absolute Gasteiger partial charge is 0.379 e. The molecule has 3 N–H and O–H groups in total. The van der Waals surface area contributed by atoms with Crippen LogP contribution in [0.25, 0.3) is 10.8 Å². The Kier molecular flexibility index (Phi) is 5.12. The molecule has 2 saturated heterocycles. The zero-order valence-electron chi connectivity index (χ0n) is 14.5. The maximum atomic E-state index is 13.2. The number of nitrogens with zero attached hydrogens (tertiary/aromatic N) is 2. The van der Waals surface area contributed by atoms with Gasteiger partial charge in [0.05, 0.1) is 12.6 Å². The Morgan fingerprint density at radius 2 is 2.12 bits per heavy atom. The summed E-state index contributed by atoms with van der Waals surface area (Å²) in [6.45, 7) is 3.17. The number of alkyl halides is 2. The second-order valence-corrected chi connectivity index (χ2v) is 6.88. The van der Waals surface area contributed by atoms with Gasteiger partial charge in [-0.05, 0) is 37.9 Å². The van der Waals surface area contributed by atoms with Crippen molar-refractivity contribution in [2.24, 2.45) is 0 Å². The third-order valence-electron chi connectivity index (χ3n) is 4.88. The molecule has 0 radical (unpaired) electrons. The van der Waals surface area contributed by atoms with Crippen LogP contribution in [0, 0.1) is 0 Å². The van der Waals surface area contributed by atoms with Crippen LogP contribution in [-0.2, 0) is 4.74 Å². The van der Waals surface area contributed by atoms with Crippen molar-refractivity contribution >= 4 is 22.4 Å². The Hall–Kier alpha value is -2.06. The van der Waals surface area contributed by atoms with Gasteiger partial charge in [-0.25, -0.2) is 18.7 Å². The zero-order valence-corrected chi connectivity index (χ0v) is 14.5. The zero-order chi connectivity index (χ0) is 17.9. The maximum Gasteiger partial charge on any atom is 0.280 e. The first kappa shape index (κ1) is 17.4. The molecule has 2 atom stereocenters. The third-order valence-corrected chi connectivity index (χ3v) is 4.88. The monoisotopic (exact) mass is 363 g/mol. The first-order chi connectivity index (χ1) is 12.7. The molecule has 8 heteroatoms. The molecule has 0 saturated carbocycles. The molecule has 0 amide bonds. The van der Waals surface area contributed by atoms with Crippen molar-refractivity contribution < 1.29 is 13.5 Å². The number of piperidine rings is 1. The molecule has 2 aliphatic rings.